The lowest BCUT2D eigenvalue weighted by molar-refractivity contribution is -0.154. The highest BCUT2D eigenvalue weighted by Gasteiger charge is 2.22. The molecule has 0 saturated carbocycles. The predicted molar refractivity (Wildman–Crippen MR) is 51.9 cm³/mol. The molecule has 0 fully saturated rings. The van der Waals surface area contributed by atoms with Gasteiger partial charge in [-0.05, 0) is 26.0 Å². The van der Waals surface area contributed by atoms with Crippen LogP contribution in [0.15, 0.2) is 12.1 Å². The Morgan fingerprint density at radius 2 is 2.29 bits per heavy atom. The van der Waals surface area contributed by atoms with Crippen molar-refractivity contribution in [1.82, 2.24) is 4.98 Å². The highest BCUT2D eigenvalue weighted by Crippen LogP contribution is 2.17. The second-order valence-corrected chi connectivity index (χ2v) is 2.96. The van der Waals surface area contributed by atoms with Crippen molar-refractivity contribution < 1.29 is 14.3 Å². The van der Waals surface area contributed by atoms with Gasteiger partial charge in [0.1, 0.15) is 0 Å². The molecule has 4 heteroatoms. The third kappa shape index (κ3) is 2.35. The van der Waals surface area contributed by atoms with Crippen LogP contribution in [0.3, 0.4) is 0 Å². The van der Waals surface area contributed by atoms with Crippen LogP contribution >= 0.6 is 0 Å². The fourth-order valence-corrected chi connectivity index (χ4v) is 1.24. The molecule has 78 valence electrons. The van der Waals surface area contributed by atoms with E-state index in [1.165, 1.54) is 7.11 Å². The van der Waals surface area contributed by atoms with E-state index in [0.29, 0.717) is 6.61 Å². The Hall–Kier alpha value is -1.29. The summed E-state index contributed by atoms with van der Waals surface area (Å²) in [4.78, 5) is 14.4. The monoisotopic (exact) mass is 197 g/mol. The van der Waals surface area contributed by atoms with E-state index < -0.39 is 6.10 Å². The van der Waals surface area contributed by atoms with Gasteiger partial charge in [-0.25, -0.2) is 4.79 Å². The highest BCUT2D eigenvalue weighted by atomic mass is 16.6. The summed E-state index contributed by atoms with van der Waals surface area (Å²) in [5.74, 6) is -0.381. The lowest BCUT2D eigenvalue weighted by Gasteiger charge is -2.12. The maximum atomic E-state index is 11.3. The van der Waals surface area contributed by atoms with E-state index in [1.54, 1.807) is 0 Å². The summed E-state index contributed by atoms with van der Waals surface area (Å²) in [6.45, 7) is 4.23. The summed E-state index contributed by atoms with van der Waals surface area (Å²) >= 11 is 0. The number of rotatable bonds is 4. The van der Waals surface area contributed by atoms with Gasteiger partial charge in [-0.3, -0.25) is 0 Å². The first kappa shape index (κ1) is 10.8. The number of aromatic nitrogens is 1. The van der Waals surface area contributed by atoms with Gasteiger partial charge in [0.2, 0.25) is 0 Å². The number of esters is 1. The first-order valence-corrected chi connectivity index (χ1v) is 4.54. The number of ether oxygens (including phenoxy) is 2. The zero-order valence-electron chi connectivity index (χ0n) is 8.66. The van der Waals surface area contributed by atoms with Crippen molar-refractivity contribution >= 4 is 5.97 Å². The molecule has 1 rings (SSSR count). The summed E-state index contributed by atoms with van der Waals surface area (Å²) in [6, 6.07) is 3.72. The molecule has 0 spiro atoms. The summed E-state index contributed by atoms with van der Waals surface area (Å²) in [5.41, 5.74) is 1.73. The molecule has 0 aliphatic heterocycles. The molecule has 0 amide bonds. The zero-order chi connectivity index (χ0) is 10.6. The van der Waals surface area contributed by atoms with Crippen molar-refractivity contribution in [2.75, 3.05) is 13.7 Å². The molecule has 0 saturated heterocycles. The van der Waals surface area contributed by atoms with Crippen LogP contribution in [0, 0.1) is 6.92 Å². The first-order chi connectivity index (χ1) is 6.69. The molecular formula is C10H15NO3. The number of nitrogens with one attached hydrogen (secondary N) is 1. The number of carbonyl (C=O) groups excluding carboxylic acids is 1. The summed E-state index contributed by atoms with van der Waals surface area (Å²) < 4.78 is 9.93. The van der Waals surface area contributed by atoms with Crippen LogP contribution in [-0.4, -0.2) is 24.7 Å². The van der Waals surface area contributed by atoms with Crippen molar-refractivity contribution in [3.8, 4) is 0 Å². The fourth-order valence-electron chi connectivity index (χ4n) is 1.24. The fraction of sp³-hybridized carbons (Fsp3) is 0.500. The van der Waals surface area contributed by atoms with Gasteiger partial charge in [-0.15, -0.1) is 0 Å². The topological polar surface area (TPSA) is 51.3 Å². The van der Waals surface area contributed by atoms with Crippen molar-refractivity contribution in [3.05, 3.63) is 23.5 Å². The average molecular weight is 197 g/mol. The largest absolute Gasteiger partial charge is 0.467 e. The zero-order valence-corrected chi connectivity index (χ0v) is 8.66. The molecule has 14 heavy (non-hydrogen) atoms. The van der Waals surface area contributed by atoms with E-state index in [-0.39, 0.29) is 5.97 Å². The van der Waals surface area contributed by atoms with Gasteiger partial charge in [0.25, 0.3) is 0 Å². The van der Waals surface area contributed by atoms with Crippen LogP contribution in [0.25, 0.3) is 0 Å². The molecule has 1 aromatic heterocycles. The van der Waals surface area contributed by atoms with Crippen molar-refractivity contribution in [2.45, 2.75) is 20.0 Å². The Bertz CT molecular complexity index is 306. The normalized spacial score (nSPS) is 12.5. The van der Waals surface area contributed by atoms with E-state index >= 15 is 0 Å². The highest BCUT2D eigenvalue weighted by molar-refractivity contribution is 5.75. The van der Waals surface area contributed by atoms with E-state index in [4.69, 9.17) is 4.74 Å². The minimum Gasteiger partial charge on any atom is -0.467 e. The SMILES string of the molecule is CCOC(C(=O)OC)c1ccc(C)[nH]1. The molecule has 0 aromatic carbocycles. The van der Waals surface area contributed by atoms with E-state index in [9.17, 15) is 4.79 Å². The molecule has 1 unspecified atom stereocenters. The van der Waals surface area contributed by atoms with Crippen molar-refractivity contribution in [3.63, 3.8) is 0 Å². The molecule has 0 aliphatic rings. The molecule has 1 atom stereocenters. The Kier molecular flexibility index (Phi) is 3.71. The number of aryl methyl sites for hydroxylation is 1. The third-order valence-electron chi connectivity index (χ3n) is 1.89. The van der Waals surface area contributed by atoms with Crippen molar-refractivity contribution in [2.24, 2.45) is 0 Å². The van der Waals surface area contributed by atoms with Crippen LogP contribution < -0.4 is 0 Å². The standard InChI is InChI=1S/C10H15NO3/c1-4-14-9(10(12)13-3)8-6-5-7(2)11-8/h5-6,9,11H,4H2,1-3H3. The number of H-pyrrole nitrogens is 1. The lowest BCUT2D eigenvalue weighted by Crippen LogP contribution is -2.17. The number of hydrogen-bond donors (Lipinski definition) is 1. The van der Waals surface area contributed by atoms with Gasteiger partial charge in [0.15, 0.2) is 6.10 Å². The Labute approximate surface area is 83.2 Å². The quantitative estimate of drug-likeness (QED) is 0.745. The van der Waals surface area contributed by atoms with Crippen molar-refractivity contribution in [1.29, 1.82) is 0 Å². The van der Waals surface area contributed by atoms with E-state index in [1.807, 2.05) is 26.0 Å². The molecule has 1 N–H and O–H groups in total. The molecular weight excluding hydrogens is 182 g/mol. The summed E-state index contributed by atoms with van der Waals surface area (Å²) in [7, 11) is 1.35. The second-order valence-electron chi connectivity index (χ2n) is 2.96. The van der Waals surface area contributed by atoms with Crippen LogP contribution in [-0.2, 0) is 14.3 Å². The molecule has 0 radical (unpaired) electrons. The van der Waals surface area contributed by atoms with Gasteiger partial charge in [0, 0.05) is 12.3 Å². The van der Waals surface area contributed by atoms with Gasteiger partial charge in [-0.2, -0.15) is 0 Å². The average Bonchev–Trinajstić information content (AvgIpc) is 2.60. The minimum absolute atomic E-state index is 0.381. The molecule has 0 aliphatic carbocycles. The molecule has 1 aromatic rings. The number of methoxy groups -OCH3 is 1. The van der Waals surface area contributed by atoms with Crippen LogP contribution in [0.1, 0.15) is 24.4 Å². The predicted octanol–water partition coefficient (Wildman–Crippen LogP) is 1.57. The first-order valence-electron chi connectivity index (χ1n) is 4.54. The molecule has 1 heterocycles. The Balaban J connectivity index is 2.82. The molecule has 0 bridgehead atoms. The van der Waals surface area contributed by atoms with Gasteiger partial charge in [-0.1, -0.05) is 0 Å². The summed E-state index contributed by atoms with van der Waals surface area (Å²) in [6.07, 6.45) is -0.640. The van der Waals surface area contributed by atoms with Gasteiger partial charge < -0.3 is 14.5 Å². The lowest BCUT2D eigenvalue weighted by atomic mass is 10.2. The Morgan fingerprint density at radius 1 is 1.57 bits per heavy atom. The van der Waals surface area contributed by atoms with Gasteiger partial charge >= 0.3 is 5.97 Å². The summed E-state index contributed by atoms with van der Waals surface area (Å²) in [5, 5.41) is 0. The van der Waals surface area contributed by atoms with Crippen LogP contribution in [0.2, 0.25) is 0 Å². The van der Waals surface area contributed by atoms with E-state index in [0.717, 1.165) is 11.4 Å². The third-order valence-corrected chi connectivity index (χ3v) is 1.89. The smallest absolute Gasteiger partial charge is 0.341 e. The van der Waals surface area contributed by atoms with Crippen LogP contribution in [0.4, 0.5) is 0 Å². The Morgan fingerprint density at radius 3 is 2.71 bits per heavy atom. The maximum Gasteiger partial charge on any atom is 0.341 e. The number of aromatic amines is 1. The van der Waals surface area contributed by atoms with E-state index in [2.05, 4.69) is 9.72 Å². The molecule has 4 nitrogen and oxygen atoms in total. The van der Waals surface area contributed by atoms with Gasteiger partial charge in [0.05, 0.1) is 12.8 Å². The minimum atomic E-state index is -0.640. The number of hydrogen-bond acceptors (Lipinski definition) is 3. The van der Waals surface area contributed by atoms with Crippen LogP contribution in [0.5, 0.6) is 0 Å². The maximum absolute atomic E-state index is 11.3. The number of carbonyl (C=O) groups is 1. The second kappa shape index (κ2) is 4.81.